The lowest BCUT2D eigenvalue weighted by Crippen LogP contribution is -2.33. The maximum Gasteiger partial charge on any atom is 0.341 e. The molecule has 0 fully saturated rings. The summed E-state index contributed by atoms with van der Waals surface area (Å²) >= 11 is 1.31. The molecule has 1 aromatic heterocycles. The highest BCUT2D eigenvalue weighted by molar-refractivity contribution is 7.17. The number of nitrogens with one attached hydrogen (secondary N) is 1. The minimum Gasteiger partial charge on any atom is -0.493 e. The van der Waals surface area contributed by atoms with Crippen LogP contribution >= 0.6 is 11.3 Å². The van der Waals surface area contributed by atoms with Crippen molar-refractivity contribution in [3.05, 3.63) is 58.0 Å². The van der Waals surface area contributed by atoms with Crippen LogP contribution in [-0.2, 0) is 22.5 Å². The fraction of sp³-hybridized carbons (Fsp3) is 0.292. The first-order chi connectivity index (χ1) is 15.4. The molecule has 0 spiro atoms. The third kappa shape index (κ3) is 3.93. The molecular formula is C24H24N2O5S. The second-order valence-corrected chi connectivity index (χ2v) is 8.54. The topological polar surface area (TPSA) is 84.9 Å². The van der Waals surface area contributed by atoms with E-state index in [9.17, 15) is 14.4 Å². The number of ether oxygens (including phenoxy) is 2. The van der Waals surface area contributed by atoms with Crippen LogP contribution in [-0.4, -0.2) is 42.9 Å². The first-order valence-electron chi connectivity index (χ1n) is 10.4. The zero-order valence-corrected chi connectivity index (χ0v) is 19.0. The molecule has 0 saturated carbocycles. The van der Waals surface area contributed by atoms with Crippen LogP contribution in [0.4, 0.5) is 5.00 Å². The van der Waals surface area contributed by atoms with Crippen molar-refractivity contribution in [2.75, 3.05) is 25.6 Å². The second-order valence-electron chi connectivity index (χ2n) is 7.44. The molecule has 1 aliphatic heterocycles. The predicted molar refractivity (Wildman–Crippen MR) is 124 cm³/mol. The number of rotatable bonds is 5. The lowest BCUT2D eigenvalue weighted by Gasteiger charge is -2.25. The zero-order valence-electron chi connectivity index (χ0n) is 18.2. The van der Waals surface area contributed by atoms with E-state index in [0.717, 1.165) is 21.2 Å². The molecule has 1 aliphatic rings. The molecule has 7 nitrogen and oxygen atoms in total. The number of esters is 1. The maximum absolute atomic E-state index is 13.5. The fourth-order valence-electron chi connectivity index (χ4n) is 4.01. The Bertz CT molecular complexity index is 1220. The van der Waals surface area contributed by atoms with E-state index in [4.69, 9.17) is 9.47 Å². The van der Waals surface area contributed by atoms with Gasteiger partial charge in [-0.1, -0.05) is 30.3 Å². The van der Waals surface area contributed by atoms with Gasteiger partial charge in [-0.2, -0.15) is 0 Å². The van der Waals surface area contributed by atoms with Crippen molar-refractivity contribution in [3.8, 4) is 5.75 Å². The van der Waals surface area contributed by atoms with Crippen LogP contribution in [0, 0.1) is 0 Å². The first-order valence-corrected chi connectivity index (χ1v) is 11.2. The number of fused-ring (bicyclic) bond motifs is 2. The monoisotopic (exact) mass is 452 g/mol. The molecule has 2 heterocycles. The number of benzene rings is 2. The van der Waals surface area contributed by atoms with Crippen molar-refractivity contribution in [1.82, 2.24) is 4.90 Å². The van der Waals surface area contributed by atoms with E-state index in [1.807, 2.05) is 37.3 Å². The smallest absolute Gasteiger partial charge is 0.341 e. The van der Waals surface area contributed by atoms with E-state index in [1.54, 1.807) is 11.0 Å². The van der Waals surface area contributed by atoms with Crippen LogP contribution in [0.5, 0.6) is 5.75 Å². The maximum atomic E-state index is 13.5. The summed E-state index contributed by atoms with van der Waals surface area (Å²) in [7, 11) is 1.32. The van der Waals surface area contributed by atoms with E-state index in [0.29, 0.717) is 48.0 Å². The quantitative estimate of drug-likeness (QED) is 0.585. The van der Waals surface area contributed by atoms with Crippen LogP contribution in [0.25, 0.3) is 10.8 Å². The average Bonchev–Trinajstić information content (AvgIpc) is 3.15. The normalized spacial score (nSPS) is 12.9. The van der Waals surface area contributed by atoms with Crippen molar-refractivity contribution in [2.24, 2.45) is 0 Å². The molecule has 0 aliphatic carbocycles. The van der Waals surface area contributed by atoms with Crippen LogP contribution in [0.1, 0.15) is 45.0 Å². The van der Waals surface area contributed by atoms with Crippen LogP contribution in [0.3, 0.4) is 0 Å². The van der Waals surface area contributed by atoms with Gasteiger partial charge in [0.05, 0.1) is 31.4 Å². The number of hydrogen-bond acceptors (Lipinski definition) is 6. The fourth-order valence-corrected chi connectivity index (χ4v) is 5.25. The predicted octanol–water partition coefficient (Wildman–Crippen LogP) is 4.24. The Morgan fingerprint density at radius 1 is 1.12 bits per heavy atom. The number of thiophene rings is 1. The zero-order chi connectivity index (χ0) is 22.8. The van der Waals surface area contributed by atoms with Crippen molar-refractivity contribution in [1.29, 1.82) is 0 Å². The number of amides is 2. The van der Waals surface area contributed by atoms with E-state index in [2.05, 4.69) is 5.32 Å². The van der Waals surface area contributed by atoms with E-state index in [1.165, 1.54) is 25.4 Å². The summed E-state index contributed by atoms with van der Waals surface area (Å²) in [6.45, 7) is 4.74. The number of methoxy groups -OCH3 is 1. The molecule has 32 heavy (non-hydrogen) atoms. The number of hydrogen-bond donors (Lipinski definition) is 1. The SMILES string of the molecule is CCOc1ccc2ccccc2c1C(=O)Nc1sc2c(c1C(=O)OC)CCN(C(C)=O)C2. The summed E-state index contributed by atoms with van der Waals surface area (Å²) < 4.78 is 10.7. The molecule has 0 atom stereocenters. The van der Waals surface area contributed by atoms with Gasteiger partial charge < -0.3 is 19.7 Å². The number of nitrogens with zero attached hydrogens (tertiary/aromatic N) is 1. The van der Waals surface area contributed by atoms with Gasteiger partial charge in [0.25, 0.3) is 5.91 Å². The third-order valence-electron chi connectivity index (χ3n) is 5.54. The van der Waals surface area contributed by atoms with Gasteiger partial charge in [0.15, 0.2) is 0 Å². The van der Waals surface area contributed by atoms with Crippen LogP contribution in [0.15, 0.2) is 36.4 Å². The molecule has 0 saturated heterocycles. The molecule has 8 heteroatoms. The van der Waals surface area contributed by atoms with Crippen molar-refractivity contribution < 1.29 is 23.9 Å². The summed E-state index contributed by atoms with van der Waals surface area (Å²) in [4.78, 5) is 40.5. The van der Waals surface area contributed by atoms with E-state index in [-0.39, 0.29) is 11.8 Å². The highest BCUT2D eigenvalue weighted by Gasteiger charge is 2.30. The van der Waals surface area contributed by atoms with Gasteiger partial charge in [-0.3, -0.25) is 9.59 Å². The van der Waals surface area contributed by atoms with Gasteiger partial charge in [-0.05, 0) is 35.7 Å². The summed E-state index contributed by atoms with van der Waals surface area (Å²) in [5, 5.41) is 5.03. The molecule has 2 amide bonds. The highest BCUT2D eigenvalue weighted by atomic mass is 32.1. The summed E-state index contributed by atoms with van der Waals surface area (Å²) in [6, 6.07) is 11.3. The number of carbonyl (C=O) groups is 3. The number of carbonyl (C=O) groups excluding carboxylic acids is 3. The molecule has 3 aromatic rings. The Kier molecular flexibility index (Phi) is 6.14. The average molecular weight is 453 g/mol. The molecule has 0 radical (unpaired) electrons. The molecule has 0 bridgehead atoms. The van der Waals surface area contributed by atoms with Gasteiger partial charge in [0.2, 0.25) is 5.91 Å². The lowest BCUT2D eigenvalue weighted by molar-refractivity contribution is -0.129. The first kappa shape index (κ1) is 21.8. The molecule has 166 valence electrons. The molecule has 1 N–H and O–H groups in total. The molecule has 2 aromatic carbocycles. The molecule has 0 unspecified atom stereocenters. The Labute approximate surface area is 189 Å². The second kappa shape index (κ2) is 9.00. The van der Waals surface area contributed by atoms with E-state index < -0.39 is 5.97 Å². The van der Waals surface area contributed by atoms with Gasteiger partial charge >= 0.3 is 5.97 Å². The van der Waals surface area contributed by atoms with Gasteiger partial charge in [-0.15, -0.1) is 11.3 Å². The van der Waals surface area contributed by atoms with Crippen molar-refractivity contribution in [3.63, 3.8) is 0 Å². The van der Waals surface area contributed by atoms with Crippen molar-refractivity contribution >= 4 is 44.9 Å². The minimum atomic E-state index is -0.503. The van der Waals surface area contributed by atoms with Crippen LogP contribution in [0.2, 0.25) is 0 Å². The molecule has 4 rings (SSSR count). The summed E-state index contributed by atoms with van der Waals surface area (Å²) in [5.74, 6) is -0.409. The van der Waals surface area contributed by atoms with E-state index >= 15 is 0 Å². The Balaban J connectivity index is 1.77. The highest BCUT2D eigenvalue weighted by Crippen LogP contribution is 2.39. The summed E-state index contributed by atoms with van der Waals surface area (Å²) in [6.07, 6.45) is 0.532. The largest absolute Gasteiger partial charge is 0.493 e. The Morgan fingerprint density at radius 3 is 2.62 bits per heavy atom. The summed E-state index contributed by atoms with van der Waals surface area (Å²) in [5.41, 5.74) is 1.61. The van der Waals surface area contributed by atoms with Gasteiger partial charge in [0, 0.05) is 18.3 Å². The van der Waals surface area contributed by atoms with Crippen LogP contribution < -0.4 is 10.1 Å². The Morgan fingerprint density at radius 2 is 1.91 bits per heavy atom. The lowest BCUT2D eigenvalue weighted by atomic mass is 10.0. The van der Waals surface area contributed by atoms with Gasteiger partial charge in [-0.25, -0.2) is 4.79 Å². The standard InChI is InChI=1S/C24H24N2O5S/c1-4-31-18-10-9-15-7-5-6-8-16(15)20(18)22(28)25-23-21(24(29)30-3)17-11-12-26(14(2)27)13-19(17)32-23/h5-10H,4,11-13H2,1-3H3,(H,25,28). The molecular weight excluding hydrogens is 428 g/mol. The third-order valence-corrected chi connectivity index (χ3v) is 6.67. The Hall–Kier alpha value is -3.39. The number of anilines is 1. The van der Waals surface area contributed by atoms with Gasteiger partial charge in [0.1, 0.15) is 10.8 Å². The van der Waals surface area contributed by atoms with Crippen molar-refractivity contribution in [2.45, 2.75) is 26.8 Å². The minimum absolute atomic E-state index is 0.0219.